The average Bonchev–Trinajstić information content (AvgIpc) is 3.74. The number of carbonyl (C=O) groups is 2. The second kappa shape index (κ2) is 10.5. The van der Waals surface area contributed by atoms with Gasteiger partial charge in [-0.25, -0.2) is 9.78 Å². The van der Waals surface area contributed by atoms with Crippen LogP contribution in [0.1, 0.15) is 72.0 Å². The van der Waals surface area contributed by atoms with Crippen LogP contribution in [-0.4, -0.2) is 72.8 Å². The normalized spacial score (nSPS) is 21.7. The van der Waals surface area contributed by atoms with E-state index in [0.29, 0.717) is 50.0 Å². The Bertz CT molecular complexity index is 1650. The molecule has 0 bridgehead atoms. The fourth-order valence-corrected chi connectivity index (χ4v) is 7.31. The summed E-state index contributed by atoms with van der Waals surface area (Å²) < 4.78 is 18.4. The van der Waals surface area contributed by atoms with Crippen LogP contribution >= 0.6 is 0 Å². The van der Waals surface area contributed by atoms with Crippen LogP contribution in [0.3, 0.4) is 0 Å². The topological polar surface area (TPSA) is 112 Å². The number of morpholine rings is 1. The molecule has 2 fully saturated rings. The fraction of sp³-hybridized carbons (Fsp3) is 0.500. The monoisotopic (exact) mass is 572 g/mol. The van der Waals surface area contributed by atoms with Crippen LogP contribution in [0.15, 0.2) is 29.1 Å². The zero-order valence-corrected chi connectivity index (χ0v) is 24.2. The van der Waals surface area contributed by atoms with Crippen molar-refractivity contribution in [3.63, 3.8) is 0 Å². The highest BCUT2D eigenvalue weighted by molar-refractivity contribution is 6.02. The van der Waals surface area contributed by atoms with Crippen molar-refractivity contribution in [1.29, 1.82) is 0 Å². The number of ether oxygens (including phenoxy) is 3. The lowest BCUT2D eigenvalue weighted by molar-refractivity contribution is -0.140. The number of methoxy groups -OCH3 is 1. The molecule has 2 aromatic heterocycles. The first-order valence-corrected chi connectivity index (χ1v) is 15.1. The number of nitrogens with zero attached hydrogens (tertiary/aromatic N) is 3. The third-order valence-corrected chi connectivity index (χ3v) is 9.55. The van der Waals surface area contributed by atoms with Crippen molar-refractivity contribution in [3.05, 3.63) is 56.9 Å². The Morgan fingerprint density at radius 2 is 1.95 bits per heavy atom. The number of amides is 1. The maximum absolute atomic E-state index is 14.0. The van der Waals surface area contributed by atoms with E-state index in [2.05, 4.69) is 10.2 Å². The summed E-state index contributed by atoms with van der Waals surface area (Å²) in [6, 6.07) is 7.72. The highest BCUT2D eigenvalue weighted by Gasteiger charge is 2.53. The number of esters is 1. The molecule has 0 unspecified atom stereocenters. The molecule has 0 radical (unpaired) electrons. The molecule has 220 valence electrons. The van der Waals surface area contributed by atoms with Crippen molar-refractivity contribution in [3.8, 4) is 17.1 Å². The summed E-state index contributed by atoms with van der Waals surface area (Å²) in [5, 5.41) is 4.03. The Morgan fingerprint density at radius 1 is 1.17 bits per heavy atom. The van der Waals surface area contributed by atoms with E-state index in [1.165, 1.54) is 18.4 Å². The first-order chi connectivity index (χ1) is 20.4. The molecule has 1 saturated carbocycles. The average molecular weight is 573 g/mol. The van der Waals surface area contributed by atoms with Crippen LogP contribution in [0, 0.1) is 0 Å². The molecule has 5 heterocycles. The van der Waals surface area contributed by atoms with E-state index in [9.17, 15) is 14.4 Å². The number of rotatable bonds is 7. The number of fused-ring (bicyclic) bond motifs is 5. The largest absolute Gasteiger partial charge is 0.497 e. The van der Waals surface area contributed by atoms with E-state index in [1.54, 1.807) is 24.7 Å². The van der Waals surface area contributed by atoms with Gasteiger partial charge in [-0.3, -0.25) is 14.5 Å². The van der Waals surface area contributed by atoms with Gasteiger partial charge in [-0.1, -0.05) is 19.8 Å². The maximum Gasteiger partial charge on any atom is 0.345 e. The van der Waals surface area contributed by atoms with Gasteiger partial charge in [-0.05, 0) is 55.0 Å². The summed E-state index contributed by atoms with van der Waals surface area (Å²) in [7, 11) is 1.66. The highest BCUT2D eigenvalue weighted by Crippen LogP contribution is 2.47. The molecule has 10 nitrogen and oxygen atoms in total. The summed E-state index contributed by atoms with van der Waals surface area (Å²) >= 11 is 0. The number of nitrogens with one attached hydrogen (secondary N) is 1. The number of benzene rings is 1. The Kier molecular flexibility index (Phi) is 6.78. The molecule has 1 aromatic carbocycles. The van der Waals surface area contributed by atoms with Crippen LogP contribution in [0.25, 0.3) is 22.3 Å². The molecule has 0 spiro atoms. The molecule has 3 aliphatic heterocycles. The van der Waals surface area contributed by atoms with Gasteiger partial charge in [0.05, 0.1) is 43.8 Å². The number of carbonyl (C=O) groups excluding carboxylic acids is 2. The Labute approximate surface area is 243 Å². The minimum atomic E-state index is -1.56. The van der Waals surface area contributed by atoms with Gasteiger partial charge in [0.15, 0.2) is 0 Å². The first-order valence-electron chi connectivity index (χ1n) is 15.1. The summed E-state index contributed by atoms with van der Waals surface area (Å²) in [4.78, 5) is 48.2. The van der Waals surface area contributed by atoms with Crippen molar-refractivity contribution < 1.29 is 23.8 Å². The zero-order chi connectivity index (χ0) is 29.0. The number of pyridine rings is 2. The summed E-state index contributed by atoms with van der Waals surface area (Å²) in [6.45, 7) is 6.18. The van der Waals surface area contributed by atoms with Crippen LogP contribution < -0.4 is 15.6 Å². The Balaban J connectivity index is 1.31. The van der Waals surface area contributed by atoms with Crippen LogP contribution in [-0.2, 0) is 26.4 Å². The molecule has 7 rings (SSSR count). The maximum atomic E-state index is 14.0. The van der Waals surface area contributed by atoms with Gasteiger partial charge in [0.1, 0.15) is 11.3 Å². The van der Waals surface area contributed by atoms with Gasteiger partial charge >= 0.3 is 5.97 Å². The van der Waals surface area contributed by atoms with Gasteiger partial charge in [0.2, 0.25) is 5.60 Å². The van der Waals surface area contributed by atoms with Crippen LogP contribution in [0.4, 0.5) is 0 Å². The molecule has 1 N–H and O–H groups in total. The minimum absolute atomic E-state index is 0.0506. The van der Waals surface area contributed by atoms with E-state index in [0.717, 1.165) is 53.8 Å². The molecule has 3 aromatic rings. The van der Waals surface area contributed by atoms with E-state index in [4.69, 9.17) is 19.2 Å². The predicted octanol–water partition coefficient (Wildman–Crippen LogP) is 3.32. The van der Waals surface area contributed by atoms with Crippen molar-refractivity contribution in [2.24, 2.45) is 0 Å². The molecular weight excluding hydrogens is 536 g/mol. The van der Waals surface area contributed by atoms with Crippen molar-refractivity contribution in [1.82, 2.24) is 19.8 Å². The molecule has 10 heteroatoms. The molecule has 1 saturated heterocycles. The van der Waals surface area contributed by atoms with E-state index in [1.807, 2.05) is 18.2 Å². The predicted molar refractivity (Wildman–Crippen MR) is 156 cm³/mol. The zero-order valence-electron chi connectivity index (χ0n) is 24.2. The Morgan fingerprint density at radius 3 is 2.69 bits per heavy atom. The molecule has 42 heavy (non-hydrogen) atoms. The standard InChI is InChI=1S/C32H36N4O6/c1-3-32(31(39)33-10-11-35-12-14-41-15-13-35)23-17-25-28-22(18-36(25)29(37)27(23)30(38)42-32)26(19-6-4-5-7-19)21-16-20(40-2)8-9-24(21)34-28/h8-9,16-17,19H,3-7,10-15,18H2,1-2H3,(H,33,39)/t32-/m1/s1. The lowest BCUT2D eigenvalue weighted by Gasteiger charge is -2.29. The van der Waals surface area contributed by atoms with Gasteiger partial charge in [-0.2, -0.15) is 0 Å². The molecule has 1 amide bonds. The minimum Gasteiger partial charge on any atom is -0.497 e. The van der Waals surface area contributed by atoms with Crippen molar-refractivity contribution in [2.75, 3.05) is 46.5 Å². The second-order valence-electron chi connectivity index (χ2n) is 11.7. The van der Waals surface area contributed by atoms with Crippen molar-refractivity contribution >= 4 is 22.8 Å². The number of aromatic nitrogens is 2. The van der Waals surface area contributed by atoms with Crippen LogP contribution in [0.5, 0.6) is 5.75 Å². The van der Waals surface area contributed by atoms with Gasteiger partial charge in [0.25, 0.3) is 11.5 Å². The summed E-state index contributed by atoms with van der Waals surface area (Å²) in [5.41, 5.74) is 2.75. The third-order valence-electron chi connectivity index (χ3n) is 9.55. The smallest absolute Gasteiger partial charge is 0.345 e. The lowest BCUT2D eigenvalue weighted by atomic mass is 9.87. The fourth-order valence-electron chi connectivity index (χ4n) is 7.31. The third kappa shape index (κ3) is 4.14. The SMILES string of the molecule is CC[C@@]1(C(=O)NCCN2CCOCC2)OC(=O)c2c1cc1n(c2=O)Cc2c-1nc1ccc(OC)cc1c2C1CCCC1. The van der Waals surface area contributed by atoms with Crippen LogP contribution in [0.2, 0.25) is 0 Å². The van der Waals surface area contributed by atoms with Gasteiger partial charge in [0, 0.05) is 42.7 Å². The Hall–Kier alpha value is -3.76. The molecule has 1 aliphatic carbocycles. The number of hydrogen-bond donors (Lipinski definition) is 1. The molecule has 1 atom stereocenters. The lowest BCUT2D eigenvalue weighted by Crippen LogP contribution is -2.48. The first kappa shape index (κ1) is 27.1. The van der Waals surface area contributed by atoms with Gasteiger partial charge in [-0.15, -0.1) is 0 Å². The molecule has 4 aliphatic rings. The summed E-state index contributed by atoms with van der Waals surface area (Å²) in [5.74, 6) is -0.0149. The number of hydrogen-bond acceptors (Lipinski definition) is 8. The van der Waals surface area contributed by atoms with E-state index < -0.39 is 23.0 Å². The van der Waals surface area contributed by atoms with Crippen molar-refractivity contribution in [2.45, 2.75) is 57.1 Å². The van der Waals surface area contributed by atoms with Gasteiger partial charge < -0.3 is 24.1 Å². The summed E-state index contributed by atoms with van der Waals surface area (Å²) in [6.07, 6.45) is 4.71. The highest BCUT2D eigenvalue weighted by atomic mass is 16.6. The quantitative estimate of drug-likeness (QED) is 0.336. The second-order valence-corrected chi connectivity index (χ2v) is 11.7. The number of cyclic esters (lactones) is 1. The van der Waals surface area contributed by atoms with E-state index >= 15 is 0 Å². The van der Waals surface area contributed by atoms with E-state index in [-0.39, 0.29) is 12.0 Å². The molecular formula is C32H36N4O6.